The zero-order valence-electron chi connectivity index (χ0n) is 79.5. The number of hydrogen-bond donors (Lipinski definition) is 5. The predicted molar refractivity (Wildman–Crippen MR) is 550 cm³/mol. The summed E-state index contributed by atoms with van der Waals surface area (Å²) in [5.74, 6) is 2.09. The fraction of sp³-hybridized carbons (Fsp3) is 0.435. The lowest BCUT2D eigenvalue weighted by molar-refractivity contribution is 0.0517. The van der Waals surface area contributed by atoms with Crippen LogP contribution in [0.2, 0.25) is 10.0 Å². The summed E-state index contributed by atoms with van der Waals surface area (Å²) >= 11 is 15.6. The van der Waals surface area contributed by atoms with Crippen LogP contribution in [0.25, 0.3) is 0 Å². The van der Waals surface area contributed by atoms with Crippen LogP contribution < -0.4 is 26.6 Å². The van der Waals surface area contributed by atoms with E-state index in [1.165, 1.54) is 212 Å². The fourth-order valence-electron chi connectivity index (χ4n) is 18.9. The molecule has 15 nitrogen and oxygen atoms in total. The molecule has 0 heterocycles. The molecule has 5 aliphatic rings. The molecule has 5 aliphatic carbocycles. The summed E-state index contributed by atoms with van der Waals surface area (Å²) in [5, 5.41) is 19.0. The van der Waals surface area contributed by atoms with Gasteiger partial charge in [0, 0.05) is 75.7 Å². The molecule has 10 aromatic carbocycles. The Labute approximate surface area is 815 Å². The van der Waals surface area contributed by atoms with Gasteiger partial charge in [0.05, 0.1) is 60.9 Å². The van der Waals surface area contributed by atoms with Crippen LogP contribution in [0.3, 0.4) is 0 Å². The van der Waals surface area contributed by atoms with Crippen molar-refractivity contribution < 1.29 is 52.0 Å². The van der Waals surface area contributed by atoms with E-state index in [-0.39, 0.29) is 35.7 Å². The third-order valence-electron chi connectivity index (χ3n) is 26.1. The Morgan fingerprint density at radius 3 is 0.791 bits per heavy atom. The van der Waals surface area contributed by atoms with Crippen LogP contribution in [-0.4, -0.2) is 62.9 Å². The van der Waals surface area contributed by atoms with Crippen LogP contribution in [0, 0.1) is 35.4 Å². The summed E-state index contributed by atoms with van der Waals surface area (Å²) in [4.78, 5) is 60.7. The van der Waals surface area contributed by atoms with E-state index in [0.29, 0.717) is 86.4 Å². The van der Waals surface area contributed by atoms with Gasteiger partial charge in [0.1, 0.15) is 5.82 Å². The molecule has 19 heteroatoms. The maximum Gasteiger partial charge on any atom is 0.338 e. The van der Waals surface area contributed by atoms with Crippen LogP contribution in [-0.2, 0) is 88.5 Å². The van der Waals surface area contributed by atoms with Gasteiger partial charge in [0.2, 0.25) is 0 Å². The molecule has 0 aliphatic heterocycles. The van der Waals surface area contributed by atoms with Crippen molar-refractivity contribution in [2.45, 2.75) is 260 Å². The highest BCUT2D eigenvalue weighted by Gasteiger charge is 2.25. The van der Waals surface area contributed by atoms with Crippen LogP contribution in [0.15, 0.2) is 223 Å². The molecular weight excluding hydrogens is 1780 g/mol. The van der Waals surface area contributed by atoms with Gasteiger partial charge >= 0.3 is 29.8 Å². The molecule has 0 radical (unpaired) electrons. The van der Waals surface area contributed by atoms with Crippen LogP contribution >= 0.6 is 39.1 Å². The molecule has 0 atom stereocenters. The Balaban J connectivity index is 0.000000161. The number of carbonyl (C=O) groups is 5. The lowest BCUT2D eigenvalue weighted by Gasteiger charge is -2.23. The SMILES string of the molecule is CCOC(=O)c1ccc(CC2CCCCC2)c(NCc2ccc(Br)cc2)c1.CCOC(=O)c1ccc(CC2CCCCC2)c(NCc2ccc(Cl)cc2)c1.CCOC(=O)c1ccc(CC2CCCCC2)c(NCc2cccc(Cl)c2)c1.CCOC(=O)c1ccc(CC2CCCCC2)c(NCc2cccc(F)c2)c1.CCOC(=O)c1ccc(CC2CCCCC2)c(NCc2ccccc2)c1. The third kappa shape index (κ3) is 35.7. The number of carbonyl (C=O) groups excluding carboxylic acids is 5. The van der Waals surface area contributed by atoms with E-state index in [0.717, 1.165) is 129 Å². The minimum absolute atomic E-state index is 0.239. The van der Waals surface area contributed by atoms with Crippen molar-refractivity contribution >= 4 is 97.4 Å². The summed E-state index contributed by atoms with van der Waals surface area (Å²) < 4.78 is 40.3. The van der Waals surface area contributed by atoms with Crippen molar-refractivity contribution in [3.05, 3.63) is 322 Å². The predicted octanol–water partition coefficient (Wildman–Crippen LogP) is 30.2. The lowest BCUT2D eigenvalue weighted by Crippen LogP contribution is -2.12. The molecule has 5 N–H and O–H groups in total. The molecule has 134 heavy (non-hydrogen) atoms. The maximum absolute atomic E-state index is 13.4. The zero-order chi connectivity index (χ0) is 94.4. The van der Waals surface area contributed by atoms with E-state index in [4.69, 9.17) is 46.9 Å². The van der Waals surface area contributed by atoms with Crippen LogP contribution in [0.1, 0.15) is 303 Å². The van der Waals surface area contributed by atoms with Crippen molar-refractivity contribution in [1.82, 2.24) is 0 Å². The quantitative estimate of drug-likeness (QED) is 0.0186. The number of hydrogen-bond acceptors (Lipinski definition) is 15. The molecule has 0 bridgehead atoms. The summed E-state index contributed by atoms with van der Waals surface area (Å²) in [6.45, 7) is 14.4. The summed E-state index contributed by atoms with van der Waals surface area (Å²) in [6.07, 6.45) is 38.4. The Morgan fingerprint density at radius 2 is 0.522 bits per heavy atom. The largest absolute Gasteiger partial charge is 0.462 e. The molecule has 714 valence electrons. The van der Waals surface area contributed by atoms with Crippen molar-refractivity contribution in [2.75, 3.05) is 59.6 Å². The van der Waals surface area contributed by atoms with Gasteiger partial charge in [0.15, 0.2) is 0 Å². The molecule has 0 unspecified atom stereocenters. The van der Waals surface area contributed by atoms with E-state index in [1.54, 1.807) is 13.0 Å². The number of nitrogens with one attached hydrogen (secondary N) is 5. The molecule has 15 rings (SSSR count). The topological polar surface area (TPSA) is 192 Å². The number of ether oxygens (including phenoxy) is 5. The van der Waals surface area contributed by atoms with Gasteiger partial charge in [-0.05, 0) is 261 Å². The first-order valence-electron chi connectivity index (χ1n) is 49.6. The Kier molecular flexibility index (Phi) is 44.6. The van der Waals surface area contributed by atoms with Crippen LogP contribution in [0.5, 0.6) is 0 Å². The highest BCUT2D eigenvalue weighted by molar-refractivity contribution is 9.10. The second-order valence-corrected chi connectivity index (χ2v) is 38.1. The van der Waals surface area contributed by atoms with Crippen LogP contribution in [0.4, 0.5) is 32.8 Å². The van der Waals surface area contributed by atoms with Gasteiger partial charge in [0.25, 0.3) is 0 Å². The third-order valence-corrected chi connectivity index (χ3v) is 27.1. The molecule has 0 amide bonds. The number of halogens is 4. The first-order chi connectivity index (χ1) is 65.4. The Hall–Kier alpha value is -10.5. The fourth-order valence-corrected chi connectivity index (χ4v) is 19.5. The van der Waals surface area contributed by atoms with Gasteiger partial charge in [-0.25, -0.2) is 28.4 Å². The standard InChI is InChI=1S/C23H28BrNO2.2C23H28ClNO2.C23H28FNO2.C23H29NO2/c1-2-27-23(26)20-11-10-19(14-17-6-4-3-5-7-17)22(15-20)25-16-18-8-12-21(24)13-9-18;1-2-27-23(26)20-12-11-19(13-17-7-4-3-5-8-17)22(15-20)25-16-18-9-6-10-21(24)14-18;1-2-27-23(26)20-11-10-19(14-17-6-4-3-5-7-17)22(15-20)25-16-18-8-12-21(24)13-9-18;1-2-27-23(26)20-12-11-19(13-17-7-4-3-5-8-17)22(15-20)25-16-18-9-6-10-21(24)14-18;1-2-26-23(25)21-14-13-20(15-18-9-5-3-6-10-18)22(16-21)24-17-19-11-7-4-8-12-19/h8-13,15,17,25H,2-7,14,16H2,1H3;6,9-12,14-15,17,25H,2-5,7-8,13,16H2,1H3;8-13,15,17,25H,2-7,14,16H2,1H3;6,9-12,14-15,17,25H,2-5,7-8,13,16H2,1H3;4,7-8,11-14,16,18,24H,2-3,5-6,9-10,15,17H2,1H3. The van der Waals surface area contributed by atoms with Crippen molar-refractivity contribution in [3.63, 3.8) is 0 Å². The molecule has 0 spiro atoms. The van der Waals surface area contributed by atoms with E-state index in [9.17, 15) is 28.4 Å². The van der Waals surface area contributed by atoms with Gasteiger partial charge in [-0.3, -0.25) is 0 Å². The monoisotopic (exact) mass is 1920 g/mol. The van der Waals surface area contributed by atoms with E-state index >= 15 is 0 Å². The molecule has 5 fully saturated rings. The van der Waals surface area contributed by atoms with Gasteiger partial charge in [-0.1, -0.05) is 309 Å². The highest BCUT2D eigenvalue weighted by Crippen LogP contribution is 2.38. The molecule has 5 saturated carbocycles. The second-order valence-electron chi connectivity index (χ2n) is 36.3. The molecular formula is C115H141BrCl2FN5O10. The lowest BCUT2D eigenvalue weighted by atomic mass is 9.84. The summed E-state index contributed by atoms with van der Waals surface area (Å²) in [7, 11) is 0. The van der Waals surface area contributed by atoms with Gasteiger partial charge in [-0.2, -0.15) is 0 Å². The number of benzene rings is 10. The zero-order valence-corrected chi connectivity index (χ0v) is 82.6. The highest BCUT2D eigenvalue weighted by atomic mass is 79.9. The maximum atomic E-state index is 13.4. The van der Waals surface area contributed by atoms with Crippen molar-refractivity contribution in [1.29, 1.82) is 0 Å². The van der Waals surface area contributed by atoms with E-state index in [1.807, 2.05) is 149 Å². The van der Waals surface area contributed by atoms with Crippen molar-refractivity contribution in [3.8, 4) is 0 Å². The summed E-state index contributed by atoms with van der Waals surface area (Å²) in [6, 6.07) is 70.4. The molecule has 0 saturated heterocycles. The number of anilines is 5. The second kappa shape index (κ2) is 57.4. The Bertz CT molecular complexity index is 5000. The molecule has 0 aromatic heterocycles. The van der Waals surface area contributed by atoms with E-state index in [2.05, 4.69) is 121 Å². The first kappa shape index (κ1) is 104. The van der Waals surface area contributed by atoms with E-state index < -0.39 is 0 Å². The Morgan fingerprint density at radius 1 is 0.276 bits per heavy atom. The normalized spacial score (nSPS) is 14.8. The first-order valence-corrected chi connectivity index (χ1v) is 51.1. The van der Waals surface area contributed by atoms with Gasteiger partial charge < -0.3 is 50.3 Å². The smallest absolute Gasteiger partial charge is 0.338 e. The summed E-state index contributed by atoms with van der Waals surface area (Å²) in [5.41, 5.74) is 20.0. The van der Waals surface area contributed by atoms with Crippen molar-refractivity contribution in [2.24, 2.45) is 29.6 Å². The number of rotatable bonds is 35. The molecule has 10 aromatic rings. The average molecular weight is 1920 g/mol. The minimum atomic E-state index is -0.310. The number of esters is 5. The minimum Gasteiger partial charge on any atom is -0.462 e. The van der Waals surface area contributed by atoms with Gasteiger partial charge in [-0.15, -0.1) is 0 Å². The average Bonchev–Trinajstić information content (AvgIpc) is 0.847.